The third-order valence-corrected chi connectivity index (χ3v) is 8.98. The molecule has 28 heavy (non-hydrogen) atoms. The molecule has 0 radical (unpaired) electrons. The summed E-state index contributed by atoms with van der Waals surface area (Å²) in [6.07, 6.45) is 6.38. The Hall–Kier alpha value is -1.00. The van der Waals surface area contributed by atoms with E-state index in [0.717, 1.165) is 38.5 Å². The molecule has 0 aromatic heterocycles. The molecule has 0 saturated carbocycles. The molecule has 0 spiro atoms. The van der Waals surface area contributed by atoms with Crippen molar-refractivity contribution in [1.82, 2.24) is 4.31 Å². The number of ether oxygens (including phenoxy) is 1. The third-order valence-electron chi connectivity index (χ3n) is 5.94. The van der Waals surface area contributed by atoms with E-state index in [1.165, 1.54) is 28.6 Å². The predicted molar refractivity (Wildman–Crippen MR) is 105 cm³/mol. The molecule has 1 aromatic carbocycles. The quantitative estimate of drug-likeness (QED) is 0.737. The van der Waals surface area contributed by atoms with E-state index in [1.807, 2.05) is 0 Å². The number of sulfonamides is 1. The van der Waals surface area contributed by atoms with Crippen molar-refractivity contribution in [3.8, 4) is 0 Å². The van der Waals surface area contributed by atoms with Crippen molar-refractivity contribution in [3.63, 3.8) is 0 Å². The fourth-order valence-electron chi connectivity index (χ4n) is 4.09. The molecule has 2 saturated heterocycles. The highest BCUT2D eigenvalue weighted by atomic mass is 32.2. The SMILES string of the molecule is CS(=O)(=O)c1ccc(S(=O)(=O)N2CCC(CO)(CC3CCCCO3)CC2)cc1. The van der Waals surface area contributed by atoms with Crippen LogP contribution in [0.25, 0.3) is 0 Å². The minimum Gasteiger partial charge on any atom is -0.396 e. The molecule has 0 bridgehead atoms. The van der Waals surface area contributed by atoms with Crippen LogP contribution in [0.5, 0.6) is 0 Å². The van der Waals surface area contributed by atoms with Crippen molar-refractivity contribution in [2.75, 3.05) is 32.6 Å². The van der Waals surface area contributed by atoms with Crippen molar-refractivity contribution in [2.45, 2.75) is 54.4 Å². The fourth-order valence-corrected chi connectivity index (χ4v) is 6.16. The van der Waals surface area contributed by atoms with Crippen LogP contribution in [0.2, 0.25) is 0 Å². The molecule has 158 valence electrons. The summed E-state index contributed by atoms with van der Waals surface area (Å²) in [5, 5.41) is 10.0. The first-order valence-electron chi connectivity index (χ1n) is 9.69. The van der Waals surface area contributed by atoms with Gasteiger partial charge in [-0.1, -0.05) is 0 Å². The number of aliphatic hydroxyl groups is 1. The van der Waals surface area contributed by atoms with Gasteiger partial charge in [-0.05, 0) is 68.2 Å². The standard InChI is InChI=1S/C19H29NO6S2/c1-27(22,23)17-5-7-18(8-6-17)28(24,25)20-11-9-19(15-21,10-12-20)14-16-4-2-3-13-26-16/h5-8,16,21H,2-4,9-15H2,1H3. The van der Waals surface area contributed by atoms with Crippen LogP contribution in [0.3, 0.4) is 0 Å². The Labute approximate surface area is 167 Å². The Morgan fingerprint density at radius 1 is 1.07 bits per heavy atom. The van der Waals surface area contributed by atoms with Crippen molar-refractivity contribution in [2.24, 2.45) is 5.41 Å². The van der Waals surface area contributed by atoms with E-state index in [4.69, 9.17) is 4.74 Å². The second kappa shape index (κ2) is 8.39. The van der Waals surface area contributed by atoms with Crippen LogP contribution >= 0.6 is 0 Å². The van der Waals surface area contributed by atoms with Crippen LogP contribution in [-0.4, -0.2) is 64.9 Å². The number of hydrogen-bond donors (Lipinski definition) is 1. The highest BCUT2D eigenvalue weighted by molar-refractivity contribution is 7.90. The Bertz CT molecular complexity index is 866. The molecular weight excluding hydrogens is 402 g/mol. The molecule has 3 rings (SSSR count). The molecule has 0 aliphatic carbocycles. The molecule has 0 amide bonds. The number of nitrogens with zero attached hydrogens (tertiary/aromatic N) is 1. The molecule has 1 unspecified atom stereocenters. The van der Waals surface area contributed by atoms with Gasteiger partial charge in [0.1, 0.15) is 0 Å². The topological polar surface area (TPSA) is 101 Å². The van der Waals surface area contributed by atoms with Gasteiger partial charge in [0.05, 0.1) is 15.9 Å². The van der Waals surface area contributed by atoms with Gasteiger partial charge in [0.15, 0.2) is 9.84 Å². The summed E-state index contributed by atoms with van der Waals surface area (Å²) in [5.41, 5.74) is -0.297. The lowest BCUT2D eigenvalue weighted by Gasteiger charge is -2.42. The van der Waals surface area contributed by atoms with E-state index < -0.39 is 19.9 Å². The average molecular weight is 432 g/mol. The number of piperidine rings is 1. The van der Waals surface area contributed by atoms with Gasteiger partial charge in [-0.25, -0.2) is 16.8 Å². The van der Waals surface area contributed by atoms with Gasteiger partial charge < -0.3 is 9.84 Å². The maximum Gasteiger partial charge on any atom is 0.243 e. The van der Waals surface area contributed by atoms with Crippen LogP contribution < -0.4 is 0 Å². The fraction of sp³-hybridized carbons (Fsp3) is 0.684. The second-order valence-corrected chi connectivity index (χ2v) is 12.0. The molecule has 2 aliphatic heterocycles. The van der Waals surface area contributed by atoms with Gasteiger partial charge in [0.25, 0.3) is 0 Å². The Morgan fingerprint density at radius 3 is 2.18 bits per heavy atom. The van der Waals surface area contributed by atoms with Crippen molar-refractivity contribution in [1.29, 1.82) is 0 Å². The van der Waals surface area contributed by atoms with Crippen LogP contribution in [0.1, 0.15) is 38.5 Å². The third kappa shape index (κ3) is 4.76. The first-order chi connectivity index (χ1) is 13.2. The molecule has 1 aromatic rings. The lowest BCUT2D eigenvalue weighted by molar-refractivity contribution is -0.0421. The van der Waals surface area contributed by atoms with Crippen molar-refractivity contribution >= 4 is 19.9 Å². The molecule has 7 nitrogen and oxygen atoms in total. The van der Waals surface area contributed by atoms with Crippen LogP contribution in [0.4, 0.5) is 0 Å². The number of sulfone groups is 1. The molecule has 9 heteroatoms. The maximum atomic E-state index is 12.9. The lowest BCUT2D eigenvalue weighted by Crippen LogP contribution is -2.46. The Kier molecular flexibility index (Phi) is 6.51. The molecule has 2 fully saturated rings. The zero-order valence-corrected chi connectivity index (χ0v) is 17.8. The van der Waals surface area contributed by atoms with Crippen molar-refractivity contribution in [3.05, 3.63) is 24.3 Å². The number of benzene rings is 1. The number of rotatable bonds is 6. The Morgan fingerprint density at radius 2 is 1.68 bits per heavy atom. The van der Waals surface area contributed by atoms with E-state index >= 15 is 0 Å². The van der Waals surface area contributed by atoms with Crippen LogP contribution in [-0.2, 0) is 24.6 Å². The van der Waals surface area contributed by atoms with Gasteiger partial charge >= 0.3 is 0 Å². The van der Waals surface area contributed by atoms with Gasteiger partial charge in [0.2, 0.25) is 10.0 Å². The average Bonchev–Trinajstić information content (AvgIpc) is 2.68. The van der Waals surface area contributed by atoms with Crippen LogP contribution in [0, 0.1) is 5.41 Å². The summed E-state index contributed by atoms with van der Waals surface area (Å²) in [4.78, 5) is 0.184. The zero-order valence-electron chi connectivity index (χ0n) is 16.2. The number of aliphatic hydroxyl groups excluding tert-OH is 1. The van der Waals surface area contributed by atoms with E-state index in [0.29, 0.717) is 25.9 Å². The predicted octanol–water partition coefficient (Wildman–Crippen LogP) is 1.81. The van der Waals surface area contributed by atoms with E-state index in [2.05, 4.69) is 0 Å². The maximum absolute atomic E-state index is 12.9. The first kappa shape index (κ1) is 21.7. The van der Waals surface area contributed by atoms with E-state index in [9.17, 15) is 21.9 Å². The van der Waals surface area contributed by atoms with Crippen molar-refractivity contribution < 1.29 is 26.7 Å². The zero-order chi connectivity index (χ0) is 20.4. The first-order valence-corrected chi connectivity index (χ1v) is 13.0. The molecule has 1 N–H and O–H groups in total. The normalized spacial score (nSPS) is 24.1. The van der Waals surface area contributed by atoms with Gasteiger partial charge in [-0.3, -0.25) is 0 Å². The molecule has 2 heterocycles. The molecule has 2 aliphatic rings. The van der Waals surface area contributed by atoms with E-state index in [1.54, 1.807) is 0 Å². The van der Waals surface area contributed by atoms with E-state index in [-0.39, 0.29) is 27.9 Å². The highest BCUT2D eigenvalue weighted by Crippen LogP contribution is 2.39. The summed E-state index contributed by atoms with van der Waals surface area (Å²) < 4.78 is 56.2. The Balaban J connectivity index is 1.68. The van der Waals surface area contributed by atoms with Gasteiger partial charge in [-0.15, -0.1) is 0 Å². The summed E-state index contributed by atoms with van der Waals surface area (Å²) in [6, 6.07) is 5.33. The van der Waals surface area contributed by atoms with Gasteiger partial charge in [0, 0.05) is 32.6 Å². The highest BCUT2D eigenvalue weighted by Gasteiger charge is 2.40. The van der Waals surface area contributed by atoms with Gasteiger partial charge in [-0.2, -0.15) is 4.31 Å². The minimum atomic E-state index is -3.69. The molecular formula is C19H29NO6S2. The largest absolute Gasteiger partial charge is 0.396 e. The van der Waals surface area contributed by atoms with Crippen LogP contribution in [0.15, 0.2) is 34.1 Å². The lowest BCUT2D eigenvalue weighted by atomic mass is 9.74. The summed E-state index contributed by atoms with van der Waals surface area (Å²) >= 11 is 0. The smallest absolute Gasteiger partial charge is 0.243 e. The summed E-state index contributed by atoms with van der Waals surface area (Å²) in [6.45, 7) is 1.47. The number of hydrogen-bond acceptors (Lipinski definition) is 6. The second-order valence-electron chi connectivity index (χ2n) is 8.00. The minimum absolute atomic E-state index is 0.0316. The monoisotopic (exact) mass is 431 g/mol. The molecule has 1 atom stereocenters. The summed E-state index contributed by atoms with van der Waals surface area (Å²) in [7, 11) is -7.06. The summed E-state index contributed by atoms with van der Waals surface area (Å²) in [5.74, 6) is 0.